The van der Waals surface area contributed by atoms with Crippen LogP contribution in [0.3, 0.4) is 0 Å². The van der Waals surface area contributed by atoms with E-state index in [1.54, 1.807) is 13.0 Å². The third kappa shape index (κ3) is 2.15. The molecular weight excluding hydrogens is 224 g/mol. The van der Waals surface area contributed by atoms with Gasteiger partial charge in [0.15, 0.2) is 5.78 Å². The number of non-ortho nitro benzene ring substituents is 1. The van der Waals surface area contributed by atoms with Crippen LogP contribution in [0.5, 0.6) is 0 Å². The number of Topliss-reactive ketones (excluding diaryl/α,β-unsaturated/α-hetero) is 1. The summed E-state index contributed by atoms with van der Waals surface area (Å²) in [5, 5.41) is 10.7. The maximum Gasteiger partial charge on any atom is 0.271 e. The quantitative estimate of drug-likeness (QED) is 0.437. The zero-order valence-electron chi connectivity index (χ0n) is 9.17. The molecule has 1 amide bonds. The second-order valence-electron chi connectivity index (χ2n) is 3.98. The van der Waals surface area contributed by atoms with Gasteiger partial charge in [0.05, 0.1) is 23.6 Å². The van der Waals surface area contributed by atoms with Crippen LogP contribution in [0.4, 0.5) is 11.4 Å². The summed E-state index contributed by atoms with van der Waals surface area (Å²) < 4.78 is 0. The molecule has 1 fully saturated rings. The van der Waals surface area contributed by atoms with Crippen molar-refractivity contribution in [2.24, 2.45) is 0 Å². The Morgan fingerprint density at radius 1 is 1.29 bits per heavy atom. The predicted octanol–water partition coefficient (Wildman–Crippen LogP) is 1.21. The molecule has 0 aromatic heterocycles. The standard InChI is InChI=1S/C11H10N2O4/c1-7-2-8(4-9(3-7)13(16)17)12-6-10(14)5-11(12)15/h2-4H,5-6H2,1H3. The molecule has 88 valence electrons. The molecular formula is C11H10N2O4. The van der Waals surface area contributed by atoms with Gasteiger partial charge in [-0.1, -0.05) is 0 Å². The van der Waals surface area contributed by atoms with Crippen molar-refractivity contribution in [3.8, 4) is 0 Å². The van der Waals surface area contributed by atoms with Crippen molar-refractivity contribution in [1.82, 2.24) is 0 Å². The number of rotatable bonds is 2. The Bertz CT molecular complexity index is 524. The molecule has 1 heterocycles. The molecule has 0 aliphatic carbocycles. The number of carbonyl (C=O) groups is 2. The minimum Gasteiger partial charge on any atom is -0.304 e. The van der Waals surface area contributed by atoms with E-state index in [0.717, 1.165) is 0 Å². The Morgan fingerprint density at radius 3 is 2.53 bits per heavy atom. The van der Waals surface area contributed by atoms with Crippen molar-refractivity contribution in [2.45, 2.75) is 13.3 Å². The first kappa shape index (κ1) is 11.3. The summed E-state index contributed by atoms with van der Waals surface area (Å²) >= 11 is 0. The fraction of sp³-hybridized carbons (Fsp3) is 0.273. The average molecular weight is 234 g/mol. The number of anilines is 1. The van der Waals surface area contributed by atoms with Crippen molar-refractivity contribution < 1.29 is 14.5 Å². The van der Waals surface area contributed by atoms with Gasteiger partial charge in [-0.15, -0.1) is 0 Å². The molecule has 1 saturated heterocycles. The minimum atomic E-state index is -0.515. The van der Waals surface area contributed by atoms with E-state index >= 15 is 0 Å². The van der Waals surface area contributed by atoms with Crippen LogP contribution < -0.4 is 4.90 Å². The topological polar surface area (TPSA) is 80.5 Å². The zero-order valence-corrected chi connectivity index (χ0v) is 9.17. The van der Waals surface area contributed by atoms with Crippen LogP contribution in [0.25, 0.3) is 0 Å². The first-order chi connectivity index (χ1) is 7.97. The predicted molar refractivity (Wildman–Crippen MR) is 59.8 cm³/mol. The first-order valence-electron chi connectivity index (χ1n) is 5.05. The summed E-state index contributed by atoms with van der Waals surface area (Å²) in [6, 6.07) is 4.39. The van der Waals surface area contributed by atoms with E-state index in [9.17, 15) is 19.7 Å². The number of benzene rings is 1. The minimum absolute atomic E-state index is 0.000555. The van der Waals surface area contributed by atoms with Crippen LogP contribution >= 0.6 is 0 Å². The maximum absolute atomic E-state index is 11.5. The normalized spacial score (nSPS) is 15.5. The van der Waals surface area contributed by atoms with Crippen molar-refractivity contribution >= 4 is 23.1 Å². The Balaban J connectivity index is 2.42. The monoisotopic (exact) mass is 234 g/mol. The van der Waals surface area contributed by atoms with Crippen LogP contribution in [0.2, 0.25) is 0 Å². The van der Waals surface area contributed by atoms with Gasteiger partial charge in [-0.05, 0) is 18.6 Å². The molecule has 0 unspecified atom stereocenters. The maximum atomic E-state index is 11.5. The summed E-state index contributed by atoms with van der Waals surface area (Å²) in [5.74, 6) is -0.478. The number of ketones is 1. The Labute approximate surface area is 97.0 Å². The average Bonchev–Trinajstić information content (AvgIpc) is 2.57. The van der Waals surface area contributed by atoms with Crippen molar-refractivity contribution in [3.05, 3.63) is 33.9 Å². The van der Waals surface area contributed by atoms with E-state index in [0.29, 0.717) is 11.3 Å². The van der Waals surface area contributed by atoms with E-state index in [2.05, 4.69) is 0 Å². The fourth-order valence-corrected chi connectivity index (χ4v) is 1.82. The van der Waals surface area contributed by atoms with E-state index in [1.807, 2.05) is 0 Å². The van der Waals surface area contributed by atoms with Crippen molar-refractivity contribution in [1.29, 1.82) is 0 Å². The summed E-state index contributed by atoms with van der Waals surface area (Å²) in [4.78, 5) is 34.1. The highest BCUT2D eigenvalue weighted by molar-refractivity contribution is 6.15. The second-order valence-corrected chi connectivity index (χ2v) is 3.98. The lowest BCUT2D eigenvalue weighted by molar-refractivity contribution is -0.384. The number of nitro benzene ring substituents is 1. The summed E-state index contributed by atoms with van der Waals surface area (Å²) in [6.07, 6.45) is -0.123. The van der Waals surface area contributed by atoms with Gasteiger partial charge < -0.3 is 4.90 Å². The third-order valence-electron chi connectivity index (χ3n) is 2.55. The molecule has 0 radical (unpaired) electrons. The number of nitro groups is 1. The molecule has 0 saturated carbocycles. The number of carbonyl (C=O) groups excluding carboxylic acids is 2. The lowest BCUT2D eigenvalue weighted by atomic mass is 10.2. The SMILES string of the molecule is Cc1cc(N2CC(=O)CC2=O)cc([N+](=O)[O-])c1. The molecule has 0 atom stereocenters. The van der Waals surface area contributed by atoms with Crippen LogP contribution in [0, 0.1) is 17.0 Å². The van der Waals surface area contributed by atoms with Crippen LogP contribution in [0.1, 0.15) is 12.0 Å². The van der Waals surface area contributed by atoms with E-state index < -0.39 is 4.92 Å². The van der Waals surface area contributed by atoms with Crippen molar-refractivity contribution in [3.63, 3.8) is 0 Å². The zero-order chi connectivity index (χ0) is 12.6. The lowest BCUT2D eigenvalue weighted by Gasteiger charge is -2.14. The van der Waals surface area contributed by atoms with Crippen molar-refractivity contribution in [2.75, 3.05) is 11.4 Å². The van der Waals surface area contributed by atoms with Gasteiger partial charge in [-0.2, -0.15) is 0 Å². The molecule has 0 bridgehead atoms. The highest BCUT2D eigenvalue weighted by Gasteiger charge is 2.29. The van der Waals surface area contributed by atoms with Crippen LogP contribution in [0.15, 0.2) is 18.2 Å². The largest absolute Gasteiger partial charge is 0.304 e. The molecule has 0 spiro atoms. The molecule has 6 nitrogen and oxygen atoms in total. The highest BCUT2D eigenvalue weighted by Crippen LogP contribution is 2.26. The summed E-state index contributed by atoms with van der Waals surface area (Å²) in [5.41, 5.74) is 1.01. The van der Waals surface area contributed by atoms with Gasteiger partial charge in [0.25, 0.3) is 5.69 Å². The molecule has 1 aliphatic heterocycles. The number of amides is 1. The van der Waals surface area contributed by atoms with Gasteiger partial charge in [0, 0.05) is 12.1 Å². The molecule has 2 rings (SSSR count). The number of aryl methyl sites for hydroxylation is 1. The molecule has 1 aliphatic rings. The van der Waals surface area contributed by atoms with Gasteiger partial charge in [0.1, 0.15) is 0 Å². The number of hydrogen-bond acceptors (Lipinski definition) is 4. The molecule has 6 heteroatoms. The number of hydrogen-bond donors (Lipinski definition) is 0. The van der Waals surface area contributed by atoms with E-state index in [1.165, 1.54) is 17.0 Å². The lowest BCUT2D eigenvalue weighted by Crippen LogP contribution is -2.24. The second kappa shape index (κ2) is 3.97. The van der Waals surface area contributed by atoms with Crippen LogP contribution in [-0.4, -0.2) is 23.2 Å². The fourth-order valence-electron chi connectivity index (χ4n) is 1.82. The highest BCUT2D eigenvalue weighted by atomic mass is 16.6. The molecule has 0 N–H and O–H groups in total. The molecule has 1 aromatic rings. The third-order valence-corrected chi connectivity index (χ3v) is 2.55. The first-order valence-corrected chi connectivity index (χ1v) is 5.05. The van der Waals surface area contributed by atoms with E-state index in [-0.39, 0.29) is 30.3 Å². The van der Waals surface area contributed by atoms with Gasteiger partial charge >= 0.3 is 0 Å². The number of nitrogens with zero attached hydrogens (tertiary/aromatic N) is 2. The van der Waals surface area contributed by atoms with E-state index in [4.69, 9.17) is 0 Å². The summed E-state index contributed by atoms with van der Waals surface area (Å²) in [7, 11) is 0. The Hall–Kier alpha value is -2.24. The smallest absolute Gasteiger partial charge is 0.271 e. The van der Waals surface area contributed by atoms with Gasteiger partial charge in [-0.25, -0.2) is 0 Å². The molecule has 17 heavy (non-hydrogen) atoms. The Morgan fingerprint density at radius 2 is 2.00 bits per heavy atom. The Kier molecular flexibility index (Phi) is 2.63. The van der Waals surface area contributed by atoms with Gasteiger partial charge in [-0.3, -0.25) is 19.7 Å². The van der Waals surface area contributed by atoms with Crippen LogP contribution in [-0.2, 0) is 9.59 Å². The van der Waals surface area contributed by atoms with Gasteiger partial charge in [0.2, 0.25) is 5.91 Å². The molecule has 1 aromatic carbocycles. The summed E-state index contributed by atoms with van der Waals surface area (Å²) in [6.45, 7) is 1.71.